The lowest BCUT2D eigenvalue weighted by Gasteiger charge is -2.09. The maximum atomic E-state index is 12.0. The first-order valence-electron chi connectivity index (χ1n) is 6.96. The van der Waals surface area contributed by atoms with E-state index in [4.69, 9.17) is 21.1 Å². The molecule has 130 valence electrons. The highest BCUT2D eigenvalue weighted by atomic mass is 35.5. The van der Waals surface area contributed by atoms with Crippen molar-refractivity contribution in [3.05, 3.63) is 63.2 Å². The molecule has 0 fully saturated rings. The van der Waals surface area contributed by atoms with Crippen LogP contribution in [0.5, 0.6) is 5.75 Å². The van der Waals surface area contributed by atoms with Crippen molar-refractivity contribution in [2.24, 2.45) is 0 Å². The monoisotopic (exact) mass is 364 g/mol. The minimum absolute atomic E-state index is 0.00129. The number of ether oxygens (including phenoxy) is 2. The average molecular weight is 365 g/mol. The maximum Gasteiger partial charge on any atom is 0.342 e. The third kappa shape index (κ3) is 4.67. The number of anilines is 1. The molecule has 0 aliphatic rings. The van der Waals surface area contributed by atoms with Crippen molar-refractivity contribution < 1.29 is 24.0 Å². The van der Waals surface area contributed by atoms with Gasteiger partial charge < -0.3 is 14.8 Å². The summed E-state index contributed by atoms with van der Waals surface area (Å²) in [5.74, 6) is -1.03. The third-order valence-corrected chi connectivity index (χ3v) is 3.41. The summed E-state index contributed by atoms with van der Waals surface area (Å²) in [6.45, 7) is -0.551. The summed E-state index contributed by atoms with van der Waals surface area (Å²) in [7, 11) is 1.41. The van der Waals surface area contributed by atoms with Gasteiger partial charge in [-0.2, -0.15) is 0 Å². The number of carbonyl (C=O) groups excluding carboxylic acids is 2. The molecule has 0 heterocycles. The molecule has 0 saturated carbocycles. The van der Waals surface area contributed by atoms with Crippen LogP contribution in [0.3, 0.4) is 0 Å². The molecule has 0 aliphatic heterocycles. The van der Waals surface area contributed by atoms with Crippen LogP contribution in [0.1, 0.15) is 10.4 Å². The Morgan fingerprint density at radius 1 is 1.24 bits per heavy atom. The Morgan fingerprint density at radius 2 is 1.96 bits per heavy atom. The van der Waals surface area contributed by atoms with Crippen molar-refractivity contribution in [1.82, 2.24) is 0 Å². The number of methoxy groups -OCH3 is 1. The number of hydrogen-bond acceptors (Lipinski definition) is 6. The summed E-state index contributed by atoms with van der Waals surface area (Å²) < 4.78 is 9.97. The number of non-ortho nitro benzene ring substituents is 1. The average Bonchev–Trinajstić information content (AvgIpc) is 2.61. The number of rotatable bonds is 6. The van der Waals surface area contributed by atoms with Crippen LogP contribution in [0.15, 0.2) is 42.5 Å². The van der Waals surface area contributed by atoms with Gasteiger partial charge in [0.25, 0.3) is 11.6 Å². The van der Waals surface area contributed by atoms with E-state index in [-0.39, 0.29) is 22.0 Å². The number of amides is 1. The number of carbonyl (C=O) groups is 2. The van der Waals surface area contributed by atoms with Gasteiger partial charge in [0.2, 0.25) is 0 Å². The molecule has 0 aliphatic carbocycles. The molecular weight excluding hydrogens is 352 g/mol. The van der Waals surface area contributed by atoms with Crippen LogP contribution in [0.2, 0.25) is 5.02 Å². The van der Waals surface area contributed by atoms with Crippen LogP contribution in [-0.2, 0) is 9.53 Å². The van der Waals surface area contributed by atoms with Crippen molar-refractivity contribution in [1.29, 1.82) is 0 Å². The number of nitro benzene ring substituents is 1. The molecule has 1 amide bonds. The van der Waals surface area contributed by atoms with E-state index in [0.717, 1.165) is 6.07 Å². The summed E-state index contributed by atoms with van der Waals surface area (Å²) >= 11 is 5.87. The smallest absolute Gasteiger partial charge is 0.342 e. The molecule has 0 atom stereocenters. The molecule has 9 heteroatoms. The lowest BCUT2D eigenvalue weighted by atomic mass is 10.2. The van der Waals surface area contributed by atoms with E-state index in [1.54, 1.807) is 18.2 Å². The molecule has 0 radical (unpaired) electrons. The summed E-state index contributed by atoms with van der Waals surface area (Å²) in [5, 5.41) is 13.1. The second-order valence-electron chi connectivity index (χ2n) is 4.75. The minimum atomic E-state index is -0.720. The topological polar surface area (TPSA) is 108 Å². The van der Waals surface area contributed by atoms with Crippen LogP contribution >= 0.6 is 11.6 Å². The van der Waals surface area contributed by atoms with Gasteiger partial charge in [0.05, 0.1) is 22.7 Å². The lowest BCUT2D eigenvalue weighted by Crippen LogP contribution is -2.21. The Hall–Kier alpha value is -3.13. The lowest BCUT2D eigenvalue weighted by molar-refractivity contribution is -0.384. The van der Waals surface area contributed by atoms with E-state index in [0.29, 0.717) is 5.75 Å². The Labute approximate surface area is 147 Å². The van der Waals surface area contributed by atoms with E-state index in [9.17, 15) is 19.7 Å². The molecule has 2 aromatic carbocycles. The first kappa shape index (κ1) is 18.2. The van der Waals surface area contributed by atoms with Gasteiger partial charge in [0.1, 0.15) is 11.3 Å². The quantitative estimate of drug-likeness (QED) is 0.479. The molecule has 0 aromatic heterocycles. The molecule has 0 spiro atoms. The normalized spacial score (nSPS) is 10.0. The number of benzene rings is 2. The Bertz CT molecular complexity index is 824. The fraction of sp³-hybridized carbons (Fsp3) is 0.125. The standard InChI is InChI=1S/C16H13ClN2O6/c1-24-14-5-3-2-4-11(14)16(21)25-9-15(20)18-13-7-6-10(19(22)23)8-12(13)17/h2-8H,9H2,1H3,(H,18,20). The first-order valence-corrected chi connectivity index (χ1v) is 7.34. The minimum Gasteiger partial charge on any atom is -0.496 e. The van der Waals surface area contributed by atoms with Gasteiger partial charge in [-0.15, -0.1) is 0 Å². The highest BCUT2D eigenvalue weighted by molar-refractivity contribution is 6.34. The number of nitrogens with one attached hydrogen (secondary N) is 1. The number of para-hydroxylation sites is 1. The van der Waals surface area contributed by atoms with E-state index in [1.807, 2.05) is 0 Å². The molecule has 1 N–H and O–H groups in total. The highest BCUT2D eigenvalue weighted by Gasteiger charge is 2.16. The number of nitro groups is 1. The predicted octanol–water partition coefficient (Wildman–Crippen LogP) is 3.05. The largest absolute Gasteiger partial charge is 0.496 e. The van der Waals surface area contributed by atoms with Crippen LogP contribution < -0.4 is 10.1 Å². The second-order valence-corrected chi connectivity index (χ2v) is 5.15. The Morgan fingerprint density at radius 3 is 2.60 bits per heavy atom. The zero-order chi connectivity index (χ0) is 18.4. The van der Waals surface area contributed by atoms with Crippen molar-refractivity contribution in [2.45, 2.75) is 0 Å². The molecule has 0 unspecified atom stereocenters. The third-order valence-electron chi connectivity index (χ3n) is 3.10. The van der Waals surface area contributed by atoms with Gasteiger partial charge >= 0.3 is 5.97 Å². The van der Waals surface area contributed by atoms with Gasteiger partial charge in [-0.05, 0) is 18.2 Å². The summed E-state index contributed by atoms with van der Waals surface area (Å²) in [4.78, 5) is 33.9. The zero-order valence-corrected chi connectivity index (χ0v) is 13.8. The summed E-state index contributed by atoms with van der Waals surface area (Å²) in [6, 6.07) is 10.0. The molecule has 0 saturated heterocycles. The molecule has 0 bridgehead atoms. The molecule has 8 nitrogen and oxygen atoms in total. The summed E-state index contributed by atoms with van der Waals surface area (Å²) in [6.07, 6.45) is 0. The van der Waals surface area contributed by atoms with E-state index in [1.165, 1.54) is 25.3 Å². The molecule has 2 aromatic rings. The SMILES string of the molecule is COc1ccccc1C(=O)OCC(=O)Nc1ccc([N+](=O)[O-])cc1Cl. The van der Waals surface area contributed by atoms with Crippen LogP contribution in [0, 0.1) is 10.1 Å². The van der Waals surface area contributed by atoms with Gasteiger partial charge in [0, 0.05) is 12.1 Å². The first-order chi connectivity index (χ1) is 11.9. The van der Waals surface area contributed by atoms with E-state index in [2.05, 4.69) is 5.32 Å². The van der Waals surface area contributed by atoms with Crippen molar-refractivity contribution in [2.75, 3.05) is 19.0 Å². The van der Waals surface area contributed by atoms with E-state index >= 15 is 0 Å². The molecule has 2 rings (SSSR count). The highest BCUT2D eigenvalue weighted by Crippen LogP contribution is 2.26. The van der Waals surface area contributed by atoms with Crippen molar-refractivity contribution >= 4 is 34.9 Å². The number of esters is 1. The van der Waals surface area contributed by atoms with Crippen molar-refractivity contribution in [3.8, 4) is 5.75 Å². The Balaban J connectivity index is 1.97. The summed E-state index contributed by atoms with van der Waals surface area (Å²) in [5.41, 5.74) is 0.155. The van der Waals surface area contributed by atoms with Gasteiger partial charge in [-0.1, -0.05) is 23.7 Å². The fourth-order valence-corrected chi connectivity index (χ4v) is 2.15. The maximum absolute atomic E-state index is 12.0. The fourth-order valence-electron chi connectivity index (χ4n) is 1.93. The number of halogens is 1. The number of hydrogen-bond donors (Lipinski definition) is 1. The van der Waals surface area contributed by atoms with Gasteiger partial charge in [-0.25, -0.2) is 4.79 Å². The van der Waals surface area contributed by atoms with Crippen LogP contribution in [0.4, 0.5) is 11.4 Å². The molecular formula is C16H13ClN2O6. The van der Waals surface area contributed by atoms with Gasteiger partial charge in [0.15, 0.2) is 6.61 Å². The molecule has 25 heavy (non-hydrogen) atoms. The van der Waals surface area contributed by atoms with E-state index < -0.39 is 23.4 Å². The van der Waals surface area contributed by atoms with Crippen LogP contribution in [0.25, 0.3) is 0 Å². The van der Waals surface area contributed by atoms with Gasteiger partial charge in [-0.3, -0.25) is 14.9 Å². The second kappa shape index (κ2) is 8.11. The zero-order valence-electron chi connectivity index (χ0n) is 13.0. The van der Waals surface area contributed by atoms with Crippen molar-refractivity contribution in [3.63, 3.8) is 0 Å². The van der Waals surface area contributed by atoms with Crippen LogP contribution in [-0.4, -0.2) is 30.5 Å². The predicted molar refractivity (Wildman–Crippen MR) is 90.0 cm³/mol. The Kier molecular flexibility index (Phi) is 5.91. The number of nitrogens with zero attached hydrogens (tertiary/aromatic N) is 1.